The summed E-state index contributed by atoms with van der Waals surface area (Å²) in [6.07, 6.45) is 0. The summed E-state index contributed by atoms with van der Waals surface area (Å²) >= 11 is 0. The smallest absolute Gasteiger partial charge is 0.277 e. The van der Waals surface area contributed by atoms with Crippen molar-refractivity contribution < 1.29 is 4.92 Å². The zero-order valence-corrected chi connectivity index (χ0v) is 13.5. The molecule has 0 aromatic heterocycles. The van der Waals surface area contributed by atoms with Crippen molar-refractivity contribution in [2.75, 3.05) is 38.1 Å². The first-order valence-electron chi connectivity index (χ1n) is 7.68. The molecule has 0 aliphatic heterocycles. The standard InChI is InChI=1S/C17H23N3O2/c1-4-19(5-2)13-12-18(3)16-10-11-17(20(21)22)15-9-7-6-8-14(15)16/h6-11H,4-5,12-13H2,1-3H3. The molecule has 0 unspecified atom stereocenters. The first-order valence-corrected chi connectivity index (χ1v) is 7.68. The van der Waals surface area contributed by atoms with Crippen molar-refractivity contribution in [2.45, 2.75) is 13.8 Å². The summed E-state index contributed by atoms with van der Waals surface area (Å²) in [6, 6.07) is 11.0. The van der Waals surface area contributed by atoms with Crippen LogP contribution >= 0.6 is 0 Å². The average molecular weight is 301 g/mol. The molecule has 2 aromatic rings. The highest BCUT2D eigenvalue weighted by Gasteiger charge is 2.15. The number of fused-ring (bicyclic) bond motifs is 1. The van der Waals surface area contributed by atoms with Gasteiger partial charge in [0.25, 0.3) is 5.69 Å². The van der Waals surface area contributed by atoms with Crippen LogP contribution in [0.4, 0.5) is 11.4 Å². The summed E-state index contributed by atoms with van der Waals surface area (Å²) in [5.74, 6) is 0. The Balaban J connectivity index is 2.32. The summed E-state index contributed by atoms with van der Waals surface area (Å²) in [5.41, 5.74) is 1.20. The number of anilines is 1. The summed E-state index contributed by atoms with van der Waals surface area (Å²) < 4.78 is 0. The van der Waals surface area contributed by atoms with E-state index in [1.165, 1.54) is 0 Å². The lowest BCUT2D eigenvalue weighted by molar-refractivity contribution is -0.383. The fourth-order valence-corrected chi connectivity index (χ4v) is 2.71. The maximum absolute atomic E-state index is 11.2. The number of likely N-dealkylation sites (N-methyl/N-ethyl adjacent to an activating group) is 2. The third-order valence-corrected chi connectivity index (χ3v) is 4.13. The molecule has 0 saturated carbocycles. The van der Waals surface area contributed by atoms with E-state index in [9.17, 15) is 10.1 Å². The van der Waals surface area contributed by atoms with Crippen LogP contribution in [-0.4, -0.2) is 43.0 Å². The quantitative estimate of drug-likeness (QED) is 0.580. The van der Waals surface area contributed by atoms with E-state index in [1.54, 1.807) is 6.07 Å². The van der Waals surface area contributed by atoms with Gasteiger partial charge in [0, 0.05) is 37.3 Å². The predicted molar refractivity (Wildman–Crippen MR) is 91.7 cm³/mol. The van der Waals surface area contributed by atoms with E-state index in [0.717, 1.165) is 37.3 Å². The van der Waals surface area contributed by atoms with Gasteiger partial charge in [-0.05, 0) is 25.2 Å². The molecule has 0 heterocycles. The second-order valence-corrected chi connectivity index (χ2v) is 5.35. The van der Waals surface area contributed by atoms with Crippen LogP contribution in [0.25, 0.3) is 10.8 Å². The van der Waals surface area contributed by atoms with Crippen molar-refractivity contribution in [3.05, 3.63) is 46.5 Å². The summed E-state index contributed by atoms with van der Waals surface area (Å²) in [4.78, 5) is 15.4. The molecule has 22 heavy (non-hydrogen) atoms. The molecule has 2 aromatic carbocycles. The normalized spacial score (nSPS) is 11.1. The molecule has 0 N–H and O–H groups in total. The molecule has 118 valence electrons. The maximum Gasteiger partial charge on any atom is 0.277 e. The van der Waals surface area contributed by atoms with Crippen LogP contribution in [0.15, 0.2) is 36.4 Å². The minimum Gasteiger partial charge on any atom is -0.373 e. The third-order valence-electron chi connectivity index (χ3n) is 4.13. The molecule has 0 aliphatic carbocycles. The Hall–Kier alpha value is -2.14. The van der Waals surface area contributed by atoms with Gasteiger partial charge >= 0.3 is 0 Å². The van der Waals surface area contributed by atoms with Crippen molar-refractivity contribution >= 4 is 22.1 Å². The van der Waals surface area contributed by atoms with Crippen LogP contribution in [0.1, 0.15) is 13.8 Å². The molecule has 0 bridgehead atoms. The van der Waals surface area contributed by atoms with Gasteiger partial charge in [-0.15, -0.1) is 0 Å². The molecule has 5 nitrogen and oxygen atoms in total. The fourth-order valence-electron chi connectivity index (χ4n) is 2.71. The van der Waals surface area contributed by atoms with Crippen LogP contribution < -0.4 is 4.90 Å². The molecule has 0 spiro atoms. The number of hydrogen-bond donors (Lipinski definition) is 0. The Morgan fingerprint density at radius 1 is 1.00 bits per heavy atom. The van der Waals surface area contributed by atoms with Gasteiger partial charge in [-0.2, -0.15) is 0 Å². The van der Waals surface area contributed by atoms with Crippen molar-refractivity contribution in [1.82, 2.24) is 4.90 Å². The van der Waals surface area contributed by atoms with Gasteiger partial charge in [0.1, 0.15) is 0 Å². The molecular formula is C17H23N3O2. The summed E-state index contributed by atoms with van der Waals surface area (Å²) in [5, 5.41) is 12.8. The van der Waals surface area contributed by atoms with Crippen LogP contribution in [0.3, 0.4) is 0 Å². The Bertz CT molecular complexity index is 653. The van der Waals surface area contributed by atoms with E-state index in [0.29, 0.717) is 5.39 Å². The zero-order valence-electron chi connectivity index (χ0n) is 13.5. The van der Waals surface area contributed by atoms with Crippen molar-refractivity contribution in [3.63, 3.8) is 0 Å². The van der Waals surface area contributed by atoms with Gasteiger partial charge in [-0.1, -0.05) is 32.0 Å². The van der Waals surface area contributed by atoms with Crippen molar-refractivity contribution in [1.29, 1.82) is 0 Å². The van der Waals surface area contributed by atoms with Crippen LogP contribution in [0.5, 0.6) is 0 Å². The lowest BCUT2D eigenvalue weighted by Gasteiger charge is -2.25. The summed E-state index contributed by atoms with van der Waals surface area (Å²) in [7, 11) is 2.04. The average Bonchev–Trinajstić information content (AvgIpc) is 2.54. The SMILES string of the molecule is CCN(CC)CCN(C)c1ccc([N+](=O)[O-])c2ccccc12. The highest BCUT2D eigenvalue weighted by atomic mass is 16.6. The highest BCUT2D eigenvalue weighted by Crippen LogP contribution is 2.32. The monoisotopic (exact) mass is 301 g/mol. The Morgan fingerprint density at radius 2 is 1.64 bits per heavy atom. The van der Waals surface area contributed by atoms with Crippen LogP contribution in [0, 0.1) is 10.1 Å². The molecule has 0 amide bonds. The molecule has 0 fully saturated rings. The predicted octanol–water partition coefficient (Wildman–Crippen LogP) is 3.53. The lowest BCUT2D eigenvalue weighted by Crippen LogP contribution is -2.33. The number of non-ortho nitro benzene ring substituents is 1. The van der Waals surface area contributed by atoms with Gasteiger partial charge in [0.05, 0.1) is 10.3 Å². The number of nitrogens with zero attached hydrogens (tertiary/aromatic N) is 3. The first-order chi connectivity index (χ1) is 10.6. The lowest BCUT2D eigenvalue weighted by atomic mass is 10.1. The van der Waals surface area contributed by atoms with Crippen LogP contribution in [-0.2, 0) is 0 Å². The van der Waals surface area contributed by atoms with Crippen molar-refractivity contribution in [3.8, 4) is 0 Å². The van der Waals surface area contributed by atoms with Crippen molar-refractivity contribution in [2.24, 2.45) is 0 Å². The number of benzene rings is 2. The highest BCUT2D eigenvalue weighted by molar-refractivity contribution is 5.99. The molecule has 0 atom stereocenters. The minimum atomic E-state index is -0.317. The third kappa shape index (κ3) is 3.36. The Kier molecular flexibility index (Phi) is 5.33. The van der Waals surface area contributed by atoms with E-state index >= 15 is 0 Å². The molecular weight excluding hydrogens is 278 g/mol. The topological polar surface area (TPSA) is 49.6 Å². The molecule has 2 rings (SSSR count). The zero-order chi connectivity index (χ0) is 16.1. The first kappa shape index (κ1) is 16.2. The van der Waals surface area contributed by atoms with Gasteiger partial charge in [0.2, 0.25) is 0 Å². The van der Waals surface area contributed by atoms with E-state index in [4.69, 9.17) is 0 Å². The fraction of sp³-hybridized carbons (Fsp3) is 0.412. The Morgan fingerprint density at radius 3 is 2.23 bits per heavy atom. The van der Waals surface area contributed by atoms with Gasteiger partial charge in [0.15, 0.2) is 0 Å². The van der Waals surface area contributed by atoms with E-state index < -0.39 is 0 Å². The molecule has 5 heteroatoms. The van der Waals surface area contributed by atoms with Gasteiger partial charge < -0.3 is 9.80 Å². The maximum atomic E-state index is 11.2. The number of rotatable bonds is 7. The number of nitro groups is 1. The summed E-state index contributed by atoms with van der Waals surface area (Å²) in [6.45, 7) is 8.25. The largest absolute Gasteiger partial charge is 0.373 e. The molecule has 0 radical (unpaired) electrons. The number of hydrogen-bond acceptors (Lipinski definition) is 4. The second kappa shape index (κ2) is 7.22. The van der Waals surface area contributed by atoms with E-state index in [1.807, 2.05) is 37.4 Å². The number of nitro benzene ring substituents is 1. The molecule has 0 aliphatic rings. The Labute approximate surface area is 131 Å². The van der Waals surface area contributed by atoms with E-state index in [-0.39, 0.29) is 10.6 Å². The van der Waals surface area contributed by atoms with Gasteiger partial charge in [-0.25, -0.2) is 0 Å². The second-order valence-electron chi connectivity index (χ2n) is 5.35. The minimum absolute atomic E-state index is 0.163. The van der Waals surface area contributed by atoms with E-state index in [2.05, 4.69) is 23.6 Å². The van der Waals surface area contributed by atoms with Crippen LogP contribution in [0.2, 0.25) is 0 Å². The van der Waals surface area contributed by atoms with Gasteiger partial charge in [-0.3, -0.25) is 10.1 Å². The molecule has 0 saturated heterocycles.